The van der Waals surface area contributed by atoms with Crippen LogP contribution in [0.15, 0.2) is 18.5 Å². The molecule has 0 bridgehead atoms. The van der Waals surface area contributed by atoms with Crippen molar-refractivity contribution in [1.29, 1.82) is 0 Å². The van der Waals surface area contributed by atoms with Gasteiger partial charge in [0.1, 0.15) is 5.82 Å². The SMILES string of the molecule is CCS(=O)CCNCc1cncc(F)c1. The molecule has 0 spiro atoms. The highest BCUT2D eigenvalue weighted by Crippen LogP contribution is 1.99. The first-order valence-corrected chi connectivity index (χ1v) is 6.36. The van der Waals surface area contributed by atoms with Gasteiger partial charge in [0, 0.05) is 41.6 Å². The van der Waals surface area contributed by atoms with Gasteiger partial charge >= 0.3 is 0 Å². The van der Waals surface area contributed by atoms with E-state index in [-0.39, 0.29) is 5.82 Å². The van der Waals surface area contributed by atoms with Crippen molar-refractivity contribution in [1.82, 2.24) is 10.3 Å². The molecule has 0 amide bonds. The summed E-state index contributed by atoms with van der Waals surface area (Å²) in [5.74, 6) is 0.994. The van der Waals surface area contributed by atoms with Gasteiger partial charge in [0.15, 0.2) is 0 Å². The smallest absolute Gasteiger partial charge is 0.141 e. The third-order valence-corrected chi connectivity index (χ3v) is 3.22. The largest absolute Gasteiger partial charge is 0.312 e. The normalized spacial score (nSPS) is 12.7. The lowest BCUT2D eigenvalue weighted by molar-refractivity contribution is 0.614. The van der Waals surface area contributed by atoms with Crippen LogP contribution in [0.25, 0.3) is 0 Å². The van der Waals surface area contributed by atoms with Crippen molar-refractivity contribution in [2.75, 3.05) is 18.1 Å². The van der Waals surface area contributed by atoms with Crippen molar-refractivity contribution in [3.63, 3.8) is 0 Å². The molecule has 0 saturated heterocycles. The van der Waals surface area contributed by atoms with E-state index >= 15 is 0 Å². The third-order valence-electron chi connectivity index (χ3n) is 1.92. The molecule has 0 aliphatic heterocycles. The molecule has 1 atom stereocenters. The summed E-state index contributed by atoms with van der Waals surface area (Å²) < 4.78 is 23.8. The average molecular weight is 230 g/mol. The number of rotatable bonds is 6. The van der Waals surface area contributed by atoms with Crippen molar-refractivity contribution in [2.24, 2.45) is 0 Å². The molecule has 1 rings (SSSR count). The molecule has 0 aliphatic rings. The van der Waals surface area contributed by atoms with Gasteiger partial charge in [-0.15, -0.1) is 0 Å². The Labute approximate surface area is 91.6 Å². The molecule has 1 N–H and O–H groups in total. The van der Waals surface area contributed by atoms with Crippen molar-refractivity contribution in [3.05, 3.63) is 29.8 Å². The predicted octanol–water partition coefficient (Wildman–Crippen LogP) is 1.08. The predicted molar refractivity (Wildman–Crippen MR) is 59.5 cm³/mol. The highest BCUT2D eigenvalue weighted by Gasteiger charge is 1.97. The molecule has 15 heavy (non-hydrogen) atoms. The highest BCUT2D eigenvalue weighted by molar-refractivity contribution is 7.84. The van der Waals surface area contributed by atoms with Crippen molar-refractivity contribution >= 4 is 10.8 Å². The quantitative estimate of drug-likeness (QED) is 0.744. The zero-order chi connectivity index (χ0) is 11.1. The summed E-state index contributed by atoms with van der Waals surface area (Å²) >= 11 is 0. The first-order chi connectivity index (χ1) is 7.22. The summed E-state index contributed by atoms with van der Waals surface area (Å²) in [5, 5.41) is 3.09. The van der Waals surface area contributed by atoms with Crippen LogP contribution >= 0.6 is 0 Å². The molecule has 0 radical (unpaired) electrons. The van der Waals surface area contributed by atoms with Crippen LogP contribution < -0.4 is 5.32 Å². The zero-order valence-corrected chi connectivity index (χ0v) is 9.52. The second kappa shape index (κ2) is 6.63. The van der Waals surface area contributed by atoms with Crippen LogP contribution in [-0.4, -0.2) is 27.2 Å². The topological polar surface area (TPSA) is 42.0 Å². The lowest BCUT2D eigenvalue weighted by Gasteiger charge is -2.03. The molecule has 5 heteroatoms. The molecule has 0 fully saturated rings. The number of hydrogen-bond donors (Lipinski definition) is 1. The van der Waals surface area contributed by atoms with E-state index in [1.807, 2.05) is 6.92 Å². The van der Waals surface area contributed by atoms with Crippen LogP contribution in [0.5, 0.6) is 0 Å². The van der Waals surface area contributed by atoms with E-state index in [1.54, 1.807) is 6.20 Å². The minimum Gasteiger partial charge on any atom is -0.312 e. The number of pyridine rings is 1. The molecular weight excluding hydrogens is 215 g/mol. The Balaban J connectivity index is 2.23. The number of halogens is 1. The summed E-state index contributed by atoms with van der Waals surface area (Å²) in [6, 6.07) is 1.44. The molecule has 0 saturated carbocycles. The second-order valence-electron chi connectivity index (χ2n) is 3.12. The van der Waals surface area contributed by atoms with Crippen LogP contribution in [0.4, 0.5) is 4.39 Å². The fraction of sp³-hybridized carbons (Fsp3) is 0.500. The number of hydrogen-bond acceptors (Lipinski definition) is 3. The molecule has 84 valence electrons. The van der Waals surface area contributed by atoms with Crippen LogP contribution in [0.2, 0.25) is 0 Å². The Kier molecular flexibility index (Phi) is 5.42. The van der Waals surface area contributed by atoms with E-state index < -0.39 is 10.8 Å². The van der Waals surface area contributed by atoms with E-state index in [4.69, 9.17) is 0 Å². The van der Waals surface area contributed by atoms with Crippen LogP contribution in [0.1, 0.15) is 12.5 Å². The lowest BCUT2D eigenvalue weighted by Crippen LogP contribution is -2.20. The lowest BCUT2D eigenvalue weighted by atomic mass is 10.3. The van der Waals surface area contributed by atoms with Gasteiger partial charge in [-0.1, -0.05) is 6.92 Å². The monoisotopic (exact) mass is 230 g/mol. The standard InChI is InChI=1S/C10H15FN2OS/c1-2-15(14)4-3-12-6-9-5-10(11)8-13-7-9/h5,7-8,12H,2-4,6H2,1H3. The minimum atomic E-state index is -0.741. The fourth-order valence-corrected chi connectivity index (χ4v) is 1.78. The molecule has 0 aliphatic carbocycles. The Hall–Kier alpha value is -0.810. The Morgan fingerprint density at radius 2 is 2.33 bits per heavy atom. The summed E-state index contributed by atoms with van der Waals surface area (Å²) in [4.78, 5) is 3.74. The van der Waals surface area contributed by atoms with Gasteiger partial charge in [0.05, 0.1) is 6.20 Å². The van der Waals surface area contributed by atoms with Gasteiger partial charge in [-0.05, 0) is 11.6 Å². The van der Waals surface area contributed by atoms with Crippen LogP contribution in [0.3, 0.4) is 0 Å². The number of nitrogens with one attached hydrogen (secondary N) is 1. The first kappa shape index (κ1) is 12.3. The summed E-state index contributed by atoms with van der Waals surface area (Å²) in [6.07, 6.45) is 2.79. The Morgan fingerprint density at radius 3 is 3.00 bits per heavy atom. The molecule has 1 heterocycles. The molecule has 1 aromatic rings. The summed E-state index contributed by atoms with van der Waals surface area (Å²) in [5.41, 5.74) is 0.803. The summed E-state index contributed by atoms with van der Waals surface area (Å²) in [7, 11) is -0.741. The maximum absolute atomic E-state index is 12.7. The van der Waals surface area contributed by atoms with Gasteiger partial charge in [-0.3, -0.25) is 9.19 Å². The Bertz CT molecular complexity index is 333. The van der Waals surface area contributed by atoms with Gasteiger partial charge in [-0.25, -0.2) is 4.39 Å². The van der Waals surface area contributed by atoms with Crippen molar-refractivity contribution in [3.8, 4) is 0 Å². The van der Waals surface area contributed by atoms with E-state index in [2.05, 4.69) is 10.3 Å². The molecule has 1 unspecified atom stereocenters. The van der Waals surface area contributed by atoms with Gasteiger partial charge in [0.2, 0.25) is 0 Å². The third kappa shape index (κ3) is 4.99. The van der Waals surface area contributed by atoms with Gasteiger partial charge < -0.3 is 5.32 Å². The van der Waals surface area contributed by atoms with E-state index in [0.717, 1.165) is 5.56 Å². The summed E-state index contributed by atoms with van der Waals surface area (Å²) in [6.45, 7) is 3.13. The fourth-order valence-electron chi connectivity index (χ4n) is 1.12. The van der Waals surface area contributed by atoms with E-state index in [0.29, 0.717) is 24.6 Å². The minimum absolute atomic E-state index is 0.327. The molecule has 3 nitrogen and oxygen atoms in total. The van der Waals surface area contributed by atoms with Crippen LogP contribution in [-0.2, 0) is 17.3 Å². The maximum atomic E-state index is 12.7. The van der Waals surface area contributed by atoms with Crippen LogP contribution in [0, 0.1) is 5.82 Å². The molecular formula is C10H15FN2OS. The maximum Gasteiger partial charge on any atom is 0.141 e. The van der Waals surface area contributed by atoms with Crippen molar-refractivity contribution in [2.45, 2.75) is 13.5 Å². The average Bonchev–Trinajstić information content (AvgIpc) is 2.24. The van der Waals surface area contributed by atoms with E-state index in [9.17, 15) is 8.60 Å². The highest BCUT2D eigenvalue weighted by atomic mass is 32.2. The number of nitrogens with zero attached hydrogens (tertiary/aromatic N) is 1. The zero-order valence-electron chi connectivity index (χ0n) is 8.70. The molecule has 0 aromatic carbocycles. The molecule has 1 aromatic heterocycles. The Morgan fingerprint density at radius 1 is 1.53 bits per heavy atom. The van der Waals surface area contributed by atoms with Gasteiger partial charge in [0.25, 0.3) is 0 Å². The van der Waals surface area contributed by atoms with Crippen molar-refractivity contribution < 1.29 is 8.60 Å². The second-order valence-corrected chi connectivity index (χ2v) is 4.99. The van der Waals surface area contributed by atoms with E-state index in [1.165, 1.54) is 12.3 Å². The van der Waals surface area contributed by atoms with Gasteiger partial charge in [-0.2, -0.15) is 0 Å². The number of aromatic nitrogens is 1. The first-order valence-electron chi connectivity index (χ1n) is 4.87.